The van der Waals surface area contributed by atoms with Crippen molar-refractivity contribution < 1.29 is 4.79 Å². The number of benzene rings is 2. The Kier molecular flexibility index (Phi) is 5.09. The van der Waals surface area contributed by atoms with Crippen molar-refractivity contribution in [3.63, 3.8) is 0 Å². The van der Waals surface area contributed by atoms with Crippen molar-refractivity contribution in [3.05, 3.63) is 89.7 Å². The Morgan fingerprint density at radius 2 is 1.80 bits per heavy atom. The Bertz CT molecular complexity index is 845. The van der Waals surface area contributed by atoms with Gasteiger partial charge in [0.05, 0.1) is 11.9 Å². The van der Waals surface area contributed by atoms with Gasteiger partial charge in [-0.05, 0) is 36.8 Å². The molecule has 0 fully saturated rings. The van der Waals surface area contributed by atoms with Gasteiger partial charge in [-0.2, -0.15) is 0 Å². The molecular formula is C21H21N3O. The normalized spacial score (nSPS) is 10.3. The van der Waals surface area contributed by atoms with Gasteiger partial charge in [-0.3, -0.25) is 4.79 Å². The molecule has 0 aliphatic rings. The number of aryl methyl sites for hydroxylation is 1. The number of anilines is 2. The number of nitrogens with one attached hydrogen (secondary N) is 1. The Hall–Kier alpha value is -3.14. The van der Waals surface area contributed by atoms with Crippen molar-refractivity contribution in [1.29, 1.82) is 0 Å². The minimum Gasteiger partial charge on any atom is -0.347 e. The number of carbonyl (C=O) groups is 1. The van der Waals surface area contributed by atoms with E-state index in [0.29, 0.717) is 12.2 Å². The Balaban J connectivity index is 1.64. The maximum Gasteiger partial charge on any atom is 0.270 e. The SMILES string of the molecule is Cc1cccc(CNC(=O)c2ccc(N(C)c3ccccc3)cn2)c1. The first-order valence-corrected chi connectivity index (χ1v) is 8.22. The molecule has 0 atom stereocenters. The Morgan fingerprint density at radius 3 is 2.48 bits per heavy atom. The zero-order chi connectivity index (χ0) is 17.6. The third-order valence-electron chi connectivity index (χ3n) is 4.05. The highest BCUT2D eigenvalue weighted by Crippen LogP contribution is 2.22. The van der Waals surface area contributed by atoms with Crippen LogP contribution in [0.25, 0.3) is 0 Å². The van der Waals surface area contributed by atoms with Gasteiger partial charge in [0.15, 0.2) is 0 Å². The van der Waals surface area contributed by atoms with Gasteiger partial charge in [-0.25, -0.2) is 4.98 Å². The molecule has 0 bridgehead atoms. The zero-order valence-electron chi connectivity index (χ0n) is 14.4. The summed E-state index contributed by atoms with van der Waals surface area (Å²) in [6.07, 6.45) is 1.72. The maximum absolute atomic E-state index is 12.3. The molecule has 4 nitrogen and oxygen atoms in total. The lowest BCUT2D eigenvalue weighted by atomic mass is 10.1. The van der Waals surface area contributed by atoms with Gasteiger partial charge in [-0.15, -0.1) is 0 Å². The highest BCUT2D eigenvalue weighted by molar-refractivity contribution is 5.92. The lowest BCUT2D eigenvalue weighted by Gasteiger charge is -2.19. The predicted molar refractivity (Wildman–Crippen MR) is 101 cm³/mol. The lowest BCUT2D eigenvalue weighted by molar-refractivity contribution is 0.0946. The van der Waals surface area contributed by atoms with Crippen molar-refractivity contribution in [2.45, 2.75) is 13.5 Å². The molecule has 0 saturated carbocycles. The van der Waals surface area contributed by atoms with Gasteiger partial charge >= 0.3 is 0 Å². The smallest absolute Gasteiger partial charge is 0.270 e. The molecule has 1 aromatic heterocycles. The number of amides is 1. The molecule has 4 heteroatoms. The number of hydrogen-bond donors (Lipinski definition) is 1. The van der Waals surface area contributed by atoms with Crippen molar-refractivity contribution in [2.24, 2.45) is 0 Å². The van der Waals surface area contributed by atoms with Gasteiger partial charge in [0.1, 0.15) is 5.69 Å². The van der Waals surface area contributed by atoms with Crippen molar-refractivity contribution in [1.82, 2.24) is 10.3 Å². The number of nitrogens with zero attached hydrogens (tertiary/aromatic N) is 2. The maximum atomic E-state index is 12.3. The summed E-state index contributed by atoms with van der Waals surface area (Å²) in [5.41, 5.74) is 4.67. The molecule has 0 aliphatic heterocycles. The second-order valence-electron chi connectivity index (χ2n) is 5.97. The minimum atomic E-state index is -0.171. The van der Waals surface area contributed by atoms with Crippen molar-refractivity contribution in [2.75, 3.05) is 11.9 Å². The third-order valence-corrected chi connectivity index (χ3v) is 4.05. The molecular weight excluding hydrogens is 310 g/mol. The monoisotopic (exact) mass is 331 g/mol. The van der Waals surface area contributed by atoms with Crippen molar-refractivity contribution >= 4 is 17.3 Å². The zero-order valence-corrected chi connectivity index (χ0v) is 14.4. The first-order chi connectivity index (χ1) is 12.1. The van der Waals surface area contributed by atoms with Crippen LogP contribution in [0.1, 0.15) is 21.6 Å². The summed E-state index contributed by atoms with van der Waals surface area (Å²) in [4.78, 5) is 18.6. The highest BCUT2D eigenvalue weighted by atomic mass is 16.1. The molecule has 0 radical (unpaired) electrons. The Morgan fingerprint density at radius 1 is 1.00 bits per heavy atom. The van der Waals surface area contributed by atoms with E-state index in [1.54, 1.807) is 12.3 Å². The van der Waals surface area contributed by atoms with E-state index in [9.17, 15) is 4.79 Å². The summed E-state index contributed by atoms with van der Waals surface area (Å²) < 4.78 is 0. The second kappa shape index (κ2) is 7.62. The van der Waals surface area contributed by atoms with E-state index in [1.807, 2.05) is 73.5 Å². The fraction of sp³-hybridized carbons (Fsp3) is 0.143. The van der Waals surface area contributed by atoms with Crippen LogP contribution in [0.5, 0.6) is 0 Å². The molecule has 3 rings (SSSR count). The summed E-state index contributed by atoms with van der Waals surface area (Å²) in [5, 5.41) is 2.91. The number of hydrogen-bond acceptors (Lipinski definition) is 3. The van der Waals surface area contributed by atoms with E-state index in [1.165, 1.54) is 5.56 Å². The molecule has 0 unspecified atom stereocenters. The number of para-hydroxylation sites is 1. The molecule has 0 saturated heterocycles. The third kappa shape index (κ3) is 4.23. The van der Waals surface area contributed by atoms with E-state index in [0.717, 1.165) is 16.9 Å². The van der Waals surface area contributed by atoms with Crippen molar-refractivity contribution in [3.8, 4) is 0 Å². The van der Waals surface area contributed by atoms with Crippen LogP contribution in [0.15, 0.2) is 72.9 Å². The highest BCUT2D eigenvalue weighted by Gasteiger charge is 2.09. The predicted octanol–water partition coefficient (Wildman–Crippen LogP) is 4.09. The summed E-state index contributed by atoms with van der Waals surface area (Å²) in [7, 11) is 1.98. The standard InChI is InChI=1S/C21H21N3O/c1-16-7-6-8-17(13-16)14-23-21(25)20-12-11-19(15-22-20)24(2)18-9-4-3-5-10-18/h3-13,15H,14H2,1-2H3,(H,23,25). The Labute approximate surface area is 148 Å². The first-order valence-electron chi connectivity index (χ1n) is 8.22. The number of carbonyl (C=O) groups excluding carboxylic acids is 1. The molecule has 25 heavy (non-hydrogen) atoms. The van der Waals surface area contributed by atoms with E-state index < -0.39 is 0 Å². The average molecular weight is 331 g/mol. The summed E-state index contributed by atoms with van der Waals surface area (Å²) >= 11 is 0. The van der Waals surface area contributed by atoms with Crippen LogP contribution in [0.2, 0.25) is 0 Å². The van der Waals surface area contributed by atoms with Crippen LogP contribution < -0.4 is 10.2 Å². The summed E-state index contributed by atoms with van der Waals surface area (Å²) in [5.74, 6) is -0.171. The van der Waals surface area contributed by atoms with Gasteiger partial charge in [0, 0.05) is 19.3 Å². The topological polar surface area (TPSA) is 45.2 Å². The molecule has 1 N–H and O–H groups in total. The number of aromatic nitrogens is 1. The molecule has 2 aromatic carbocycles. The fourth-order valence-electron chi connectivity index (χ4n) is 2.61. The molecule has 0 aliphatic carbocycles. The minimum absolute atomic E-state index is 0.171. The molecule has 1 amide bonds. The van der Waals surface area contributed by atoms with Crippen LogP contribution >= 0.6 is 0 Å². The largest absolute Gasteiger partial charge is 0.347 e. The van der Waals surface area contributed by atoms with Crippen LogP contribution in [0.3, 0.4) is 0 Å². The fourth-order valence-corrected chi connectivity index (χ4v) is 2.61. The van der Waals surface area contributed by atoms with Crippen LogP contribution in [-0.2, 0) is 6.54 Å². The molecule has 0 spiro atoms. The lowest BCUT2D eigenvalue weighted by Crippen LogP contribution is -2.24. The van der Waals surface area contributed by atoms with Gasteiger partial charge in [0.25, 0.3) is 5.91 Å². The summed E-state index contributed by atoms with van der Waals surface area (Å²) in [6, 6.07) is 21.8. The number of pyridine rings is 1. The van der Waals surface area contributed by atoms with E-state index in [-0.39, 0.29) is 5.91 Å². The van der Waals surface area contributed by atoms with Gasteiger partial charge in [0.2, 0.25) is 0 Å². The average Bonchev–Trinajstić information content (AvgIpc) is 2.66. The quantitative estimate of drug-likeness (QED) is 0.766. The van der Waals surface area contributed by atoms with Crippen LogP contribution in [0.4, 0.5) is 11.4 Å². The molecule has 126 valence electrons. The van der Waals surface area contributed by atoms with Crippen LogP contribution in [-0.4, -0.2) is 17.9 Å². The second-order valence-corrected chi connectivity index (χ2v) is 5.97. The molecule has 1 heterocycles. The van der Waals surface area contributed by atoms with E-state index >= 15 is 0 Å². The molecule has 3 aromatic rings. The first kappa shape index (κ1) is 16.7. The number of rotatable bonds is 5. The summed E-state index contributed by atoms with van der Waals surface area (Å²) in [6.45, 7) is 2.53. The van der Waals surface area contributed by atoms with E-state index in [4.69, 9.17) is 0 Å². The van der Waals surface area contributed by atoms with Gasteiger partial charge in [-0.1, -0.05) is 48.0 Å². The van der Waals surface area contributed by atoms with Crippen LogP contribution in [0, 0.1) is 6.92 Å². The van der Waals surface area contributed by atoms with E-state index in [2.05, 4.69) is 16.4 Å². The van der Waals surface area contributed by atoms with Gasteiger partial charge < -0.3 is 10.2 Å².